The van der Waals surface area contributed by atoms with Crippen LogP contribution in [0, 0.1) is 6.92 Å². The predicted octanol–water partition coefficient (Wildman–Crippen LogP) is 3.30. The van der Waals surface area contributed by atoms with E-state index in [2.05, 4.69) is 23.0 Å². The van der Waals surface area contributed by atoms with E-state index in [1.54, 1.807) is 0 Å². The van der Waals surface area contributed by atoms with Crippen molar-refractivity contribution in [3.8, 4) is 0 Å². The number of hydrogen-bond acceptors (Lipinski definition) is 2. The molecule has 0 spiro atoms. The number of nitrogens with zero attached hydrogens (tertiary/aromatic N) is 2. The molecule has 0 fully saturated rings. The van der Waals surface area contributed by atoms with Crippen molar-refractivity contribution in [2.45, 2.75) is 20.3 Å². The summed E-state index contributed by atoms with van der Waals surface area (Å²) in [6, 6.07) is 0. The summed E-state index contributed by atoms with van der Waals surface area (Å²) in [5.74, 6) is 0.139. The maximum atomic E-state index is 12.1. The standard InChI is InChI=1S/C9H14N2OP4/c1-5-3-4-7-6(2)10-11(16(14)15-13)8(7)9(5)12/h3,15H,4,13-14H2,1-2H3. The van der Waals surface area contributed by atoms with E-state index >= 15 is 0 Å². The van der Waals surface area contributed by atoms with E-state index in [4.69, 9.17) is 0 Å². The molecular formula is C9H14N2OP4. The summed E-state index contributed by atoms with van der Waals surface area (Å²) in [6.45, 7) is 3.86. The van der Waals surface area contributed by atoms with Gasteiger partial charge in [-0.2, -0.15) is 5.10 Å². The highest BCUT2D eigenvalue weighted by Gasteiger charge is 2.27. The van der Waals surface area contributed by atoms with Crippen molar-refractivity contribution in [3.05, 3.63) is 28.6 Å². The van der Waals surface area contributed by atoms with Crippen molar-refractivity contribution in [1.82, 2.24) is 9.55 Å². The van der Waals surface area contributed by atoms with E-state index in [1.165, 1.54) is 0 Å². The average molecular weight is 290 g/mol. The van der Waals surface area contributed by atoms with E-state index in [9.17, 15) is 4.79 Å². The topological polar surface area (TPSA) is 34.9 Å². The third kappa shape index (κ3) is 2.04. The minimum atomic E-state index is -0.448. The average Bonchev–Trinajstić information content (AvgIpc) is 2.61. The molecule has 1 aliphatic rings. The molecule has 4 atom stereocenters. The van der Waals surface area contributed by atoms with Gasteiger partial charge in [0.1, 0.15) is 5.69 Å². The number of hydrogen-bond donors (Lipinski definition) is 0. The number of Topliss-reactive ketones (excluding diaryl/α,β-unsaturated/α-hetero) is 1. The Bertz CT molecular complexity index is 480. The number of rotatable bonds is 2. The van der Waals surface area contributed by atoms with Gasteiger partial charge >= 0.3 is 0 Å². The molecule has 1 aromatic heterocycles. The molecule has 0 saturated heterocycles. The Balaban J connectivity index is 2.57. The monoisotopic (exact) mass is 290 g/mol. The first-order valence-corrected chi connectivity index (χ1v) is 11.4. The lowest BCUT2D eigenvalue weighted by molar-refractivity contribution is 0.102. The van der Waals surface area contributed by atoms with Crippen molar-refractivity contribution < 1.29 is 4.79 Å². The molecule has 1 aliphatic carbocycles. The Kier molecular flexibility index (Phi) is 3.93. The molecule has 0 aromatic carbocycles. The van der Waals surface area contributed by atoms with E-state index in [0.717, 1.165) is 28.9 Å². The molecule has 0 aliphatic heterocycles. The minimum absolute atomic E-state index is 0.139. The Morgan fingerprint density at radius 2 is 2.25 bits per heavy atom. The van der Waals surface area contributed by atoms with Crippen LogP contribution in [0.3, 0.4) is 0 Å². The normalized spacial score (nSPS) is 17.8. The third-order valence-electron chi connectivity index (χ3n) is 2.69. The van der Waals surface area contributed by atoms with Crippen LogP contribution in [0.4, 0.5) is 0 Å². The van der Waals surface area contributed by atoms with Gasteiger partial charge in [-0.05, 0) is 33.8 Å². The SMILES string of the molecule is CC1=CCc2c(C)nn(P(P)PP)c2C1=O. The summed E-state index contributed by atoms with van der Waals surface area (Å²) in [7, 11) is 5.79. The van der Waals surface area contributed by atoms with E-state index in [1.807, 2.05) is 24.4 Å². The fourth-order valence-electron chi connectivity index (χ4n) is 1.76. The van der Waals surface area contributed by atoms with E-state index in [0.29, 0.717) is 7.96 Å². The van der Waals surface area contributed by atoms with Crippen molar-refractivity contribution in [1.29, 1.82) is 0 Å². The van der Waals surface area contributed by atoms with Gasteiger partial charge in [-0.1, -0.05) is 15.0 Å². The first-order valence-electron chi connectivity index (χ1n) is 4.87. The van der Waals surface area contributed by atoms with Crippen molar-refractivity contribution in [2.24, 2.45) is 0 Å². The smallest absolute Gasteiger partial charge is 0.207 e. The number of carbonyl (C=O) groups excluding carboxylic acids is 1. The minimum Gasteiger partial charge on any atom is -0.287 e. The van der Waals surface area contributed by atoms with Crippen LogP contribution in [-0.2, 0) is 6.42 Å². The lowest BCUT2D eigenvalue weighted by Gasteiger charge is -2.15. The first kappa shape index (κ1) is 12.8. The summed E-state index contributed by atoms with van der Waals surface area (Å²) in [4.78, 5) is 12.1. The lowest BCUT2D eigenvalue weighted by atomic mass is 9.96. The molecule has 0 saturated carbocycles. The molecule has 86 valence electrons. The molecule has 1 aromatic rings. The van der Waals surface area contributed by atoms with Crippen molar-refractivity contribution >= 4 is 39.0 Å². The maximum Gasteiger partial charge on any atom is 0.207 e. The zero-order valence-electron chi connectivity index (χ0n) is 9.19. The Morgan fingerprint density at radius 1 is 1.56 bits per heavy atom. The zero-order valence-corrected chi connectivity index (χ0v) is 13.4. The van der Waals surface area contributed by atoms with Crippen LogP contribution < -0.4 is 0 Å². The van der Waals surface area contributed by atoms with Gasteiger partial charge in [0, 0.05) is 5.56 Å². The number of aryl methyl sites for hydroxylation is 1. The van der Waals surface area contributed by atoms with Gasteiger partial charge in [0.25, 0.3) is 0 Å². The van der Waals surface area contributed by atoms with Gasteiger partial charge in [-0.3, -0.25) is 4.79 Å². The first-order chi connectivity index (χ1) is 7.56. The number of allylic oxidation sites excluding steroid dienone is 2. The Hall–Kier alpha value is 0.340. The summed E-state index contributed by atoms with van der Waals surface area (Å²) in [5, 5.41) is 4.51. The van der Waals surface area contributed by atoms with E-state index < -0.39 is 7.45 Å². The fourth-order valence-corrected chi connectivity index (χ4v) is 4.78. The molecule has 3 nitrogen and oxygen atoms in total. The second-order valence-corrected chi connectivity index (χ2v) is 12.5. The van der Waals surface area contributed by atoms with Gasteiger partial charge < -0.3 is 0 Å². The fraction of sp³-hybridized carbons (Fsp3) is 0.333. The summed E-state index contributed by atoms with van der Waals surface area (Å²) in [6.07, 6.45) is 2.84. The highest BCUT2D eigenvalue weighted by molar-refractivity contribution is 8.60. The van der Waals surface area contributed by atoms with Crippen molar-refractivity contribution in [2.75, 3.05) is 0 Å². The molecule has 0 radical (unpaired) electrons. The highest BCUT2D eigenvalue weighted by atomic mass is 32.6. The summed E-state index contributed by atoms with van der Waals surface area (Å²) >= 11 is 0. The molecule has 0 N–H and O–H groups in total. The molecule has 0 bridgehead atoms. The predicted molar refractivity (Wildman–Crippen MR) is 78.8 cm³/mol. The van der Waals surface area contributed by atoms with Gasteiger partial charge in [0.05, 0.1) is 13.1 Å². The number of ketones is 1. The van der Waals surface area contributed by atoms with E-state index in [-0.39, 0.29) is 5.78 Å². The zero-order chi connectivity index (χ0) is 11.9. The second-order valence-electron chi connectivity index (χ2n) is 3.70. The second kappa shape index (κ2) is 4.91. The van der Waals surface area contributed by atoms with Crippen LogP contribution in [0.5, 0.6) is 0 Å². The molecular weight excluding hydrogens is 276 g/mol. The Morgan fingerprint density at radius 3 is 2.88 bits per heavy atom. The Labute approximate surface area is 103 Å². The van der Waals surface area contributed by atoms with Gasteiger partial charge in [0.2, 0.25) is 5.78 Å². The van der Waals surface area contributed by atoms with Gasteiger partial charge in [-0.15, -0.1) is 8.93 Å². The highest BCUT2D eigenvalue weighted by Crippen LogP contribution is 2.66. The van der Waals surface area contributed by atoms with Gasteiger partial charge in [-0.25, -0.2) is 4.45 Å². The number of fused-ring (bicyclic) bond motifs is 1. The van der Waals surface area contributed by atoms with Crippen LogP contribution in [0.15, 0.2) is 11.6 Å². The molecule has 0 amide bonds. The quantitative estimate of drug-likeness (QED) is 0.783. The van der Waals surface area contributed by atoms with Gasteiger partial charge in [0.15, 0.2) is 0 Å². The van der Waals surface area contributed by atoms with Crippen LogP contribution >= 0.6 is 33.3 Å². The molecule has 4 unspecified atom stereocenters. The number of aromatic nitrogens is 2. The summed E-state index contributed by atoms with van der Waals surface area (Å²) in [5.41, 5.74) is 3.75. The van der Waals surface area contributed by atoms with Crippen LogP contribution in [0.2, 0.25) is 0 Å². The van der Waals surface area contributed by atoms with Crippen LogP contribution in [0.25, 0.3) is 0 Å². The van der Waals surface area contributed by atoms with Crippen LogP contribution in [0.1, 0.15) is 28.7 Å². The van der Waals surface area contributed by atoms with Crippen molar-refractivity contribution in [3.63, 3.8) is 0 Å². The largest absolute Gasteiger partial charge is 0.287 e. The third-order valence-corrected chi connectivity index (χ3v) is 12.1. The summed E-state index contributed by atoms with van der Waals surface area (Å²) < 4.78 is 1.93. The molecule has 16 heavy (non-hydrogen) atoms. The molecule has 1 heterocycles. The lowest BCUT2D eigenvalue weighted by Crippen LogP contribution is -2.13. The van der Waals surface area contributed by atoms with Crippen LogP contribution in [-0.4, -0.2) is 15.3 Å². The number of carbonyl (C=O) groups is 1. The molecule has 2 rings (SSSR count). The molecule has 7 heteroatoms. The maximum absolute atomic E-state index is 12.1.